The highest BCUT2D eigenvalue weighted by molar-refractivity contribution is 7.20. The van der Waals surface area contributed by atoms with Crippen LogP contribution in [0, 0.1) is 10.1 Å². The highest BCUT2D eigenvalue weighted by Gasteiger charge is 2.42. The first-order chi connectivity index (χ1) is 9.27. The monoisotopic (exact) mass is 309 g/mol. The number of hydrogen-bond donors (Lipinski definition) is 0. The molecule has 2 aromatic rings. The minimum atomic E-state index is -4.84. The third-order valence-corrected chi connectivity index (χ3v) is 3.53. The van der Waals surface area contributed by atoms with E-state index in [-0.39, 0.29) is 4.83 Å². The van der Waals surface area contributed by atoms with Crippen LogP contribution in [0.5, 0.6) is 0 Å². The Morgan fingerprint density at radius 1 is 1.60 bits per heavy atom. The molecular weight excluding hydrogens is 303 g/mol. The lowest BCUT2D eigenvalue weighted by Crippen LogP contribution is -2.16. The second kappa shape index (κ2) is 4.83. The molecule has 2 aromatic heterocycles. The van der Waals surface area contributed by atoms with Crippen molar-refractivity contribution in [2.45, 2.75) is 6.18 Å². The molecule has 0 radical (unpaired) electrons. The highest BCUT2D eigenvalue weighted by atomic mass is 32.1. The number of imidazole rings is 1. The van der Waals surface area contributed by atoms with Crippen LogP contribution in [0.4, 0.5) is 19.0 Å². The number of hydrogen-bond acceptors (Lipinski definition) is 6. The first kappa shape index (κ1) is 14.4. The van der Waals surface area contributed by atoms with Crippen molar-refractivity contribution in [3.05, 3.63) is 27.0 Å². The van der Waals surface area contributed by atoms with E-state index in [0.29, 0.717) is 22.1 Å². The Hall–Kier alpha value is -2.01. The summed E-state index contributed by atoms with van der Waals surface area (Å²) in [7, 11) is 1.16. The van der Waals surface area contributed by atoms with Gasteiger partial charge in [-0.2, -0.15) is 13.2 Å². The van der Waals surface area contributed by atoms with Crippen LogP contribution in [0.1, 0.15) is 15.4 Å². The number of ketones is 1. The number of Topliss-reactive ketones (excluding diaryl/α,β-unsaturated/α-hetero) is 1. The van der Waals surface area contributed by atoms with Crippen LogP contribution in [0.25, 0.3) is 4.83 Å². The smallest absolute Gasteiger partial charge is 0.376 e. The summed E-state index contributed by atoms with van der Waals surface area (Å²) in [6.45, 7) is -0.548. The second-order valence-electron chi connectivity index (χ2n) is 3.63. The number of nitrogens with zero attached hydrogens (tertiary/aromatic N) is 3. The Bertz CT molecular complexity index is 690. The zero-order valence-electron chi connectivity index (χ0n) is 9.80. The van der Waals surface area contributed by atoms with Crippen LogP contribution in [-0.4, -0.2) is 33.8 Å². The molecule has 0 spiro atoms. The van der Waals surface area contributed by atoms with Crippen molar-refractivity contribution in [1.82, 2.24) is 9.38 Å². The maximum Gasteiger partial charge on any atom is 0.433 e. The lowest BCUT2D eigenvalue weighted by Gasteiger charge is -2.06. The number of aromatic nitrogens is 2. The molecular formula is C9H6F3N3O4S. The number of halogens is 3. The zero-order chi connectivity index (χ0) is 15.1. The van der Waals surface area contributed by atoms with E-state index in [2.05, 4.69) is 9.72 Å². The predicted octanol–water partition coefficient (Wildman–Crippen LogP) is 2.15. The van der Waals surface area contributed by atoms with Crippen LogP contribution in [0.3, 0.4) is 0 Å². The van der Waals surface area contributed by atoms with Gasteiger partial charge in [0.25, 0.3) is 0 Å². The number of nitro groups is 1. The molecule has 108 valence electrons. The molecule has 2 heterocycles. The van der Waals surface area contributed by atoms with Gasteiger partial charge in [0.1, 0.15) is 11.5 Å². The first-order valence-electron chi connectivity index (χ1n) is 5.01. The van der Waals surface area contributed by atoms with Crippen molar-refractivity contribution < 1.29 is 27.6 Å². The van der Waals surface area contributed by atoms with Crippen molar-refractivity contribution >= 4 is 27.8 Å². The number of carbonyl (C=O) groups is 1. The molecule has 0 aromatic carbocycles. The van der Waals surface area contributed by atoms with Crippen LogP contribution in [0.2, 0.25) is 0 Å². The predicted molar refractivity (Wildman–Crippen MR) is 60.9 cm³/mol. The topological polar surface area (TPSA) is 86.7 Å². The normalized spacial score (nSPS) is 12.0. The van der Waals surface area contributed by atoms with Gasteiger partial charge < -0.3 is 14.9 Å². The van der Waals surface area contributed by atoms with E-state index >= 15 is 0 Å². The van der Waals surface area contributed by atoms with Crippen molar-refractivity contribution in [2.24, 2.45) is 0 Å². The Kier molecular flexibility index (Phi) is 3.48. The lowest BCUT2D eigenvalue weighted by atomic mass is 10.2. The average molecular weight is 309 g/mol. The van der Waals surface area contributed by atoms with Crippen molar-refractivity contribution in [1.29, 1.82) is 0 Å². The molecule has 0 fully saturated rings. The Morgan fingerprint density at radius 2 is 2.25 bits per heavy atom. The fourth-order valence-electron chi connectivity index (χ4n) is 1.61. The summed E-state index contributed by atoms with van der Waals surface area (Å²) >= 11 is 0.370. The van der Waals surface area contributed by atoms with Crippen LogP contribution < -0.4 is 0 Å². The summed E-state index contributed by atoms with van der Waals surface area (Å²) in [5, 5.41) is 10.7. The largest absolute Gasteiger partial charge is 0.433 e. The second-order valence-corrected chi connectivity index (χ2v) is 4.63. The lowest BCUT2D eigenvalue weighted by molar-refractivity contribution is -0.387. The molecule has 0 bridgehead atoms. The van der Waals surface area contributed by atoms with Crippen molar-refractivity contribution in [2.75, 3.05) is 13.7 Å². The van der Waals surface area contributed by atoms with Crippen LogP contribution >= 0.6 is 11.3 Å². The Labute approximate surface area is 112 Å². The van der Waals surface area contributed by atoms with Gasteiger partial charge in [-0.15, -0.1) is 11.3 Å². The van der Waals surface area contributed by atoms with E-state index in [4.69, 9.17) is 0 Å². The molecule has 0 saturated heterocycles. The summed E-state index contributed by atoms with van der Waals surface area (Å²) in [6, 6.07) is 0. The van der Waals surface area contributed by atoms with Gasteiger partial charge >= 0.3 is 12.0 Å². The van der Waals surface area contributed by atoms with E-state index in [9.17, 15) is 28.1 Å². The number of carbonyl (C=O) groups excluding carboxylic acids is 1. The minimum Gasteiger partial charge on any atom is -0.376 e. The summed E-state index contributed by atoms with van der Waals surface area (Å²) in [5.74, 6) is -1.63. The number of ether oxygens (including phenoxy) is 1. The molecule has 0 aliphatic carbocycles. The summed E-state index contributed by atoms with van der Waals surface area (Å²) in [5.41, 5.74) is -1.28. The maximum atomic E-state index is 13.0. The Balaban J connectivity index is 2.73. The molecule has 0 unspecified atom stereocenters. The van der Waals surface area contributed by atoms with Gasteiger partial charge in [0.15, 0.2) is 5.69 Å². The molecule has 0 aliphatic rings. The van der Waals surface area contributed by atoms with E-state index < -0.39 is 39.9 Å². The summed E-state index contributed by atoms with van der Waals surface area (Å²) in [6.07, 6.45) is -4.16. The zero-order valence-corrected chi connectivity index (χ0v) is 10.6. The first-order valence-corrected chi connectivity index (χ1v) is 5.82. The molecule has 0 N–H and O–H groups in total. The Morgan fingerprint density at radius 3 is 2.75 bits per heavy atom. The molecule has 0 atom stereocenters. The molecule has 7 nitrogen and oxygen atoms in total. The third-order valence-electron chi connectivity index (χ3n) is 2.33. The molecule has 0 saturated carbocycles. The van der Waals surface area contributed by atoms with E-state index in [1.54, 1.807) is 0 Å². The number of methoxy groups -OCH3 is 1. The summed E-state index contributed by atoms with van der Waals surface area (Å²) < 4.78 is 44.1. The molecule has 0 aliphatic heterocycles. The maximum absolute atomic E-state index is 13.0. The van der Waals surface area contributed by atoms with Crippen LogP contribution in [0.15, 0.2) is 6.33 Å². The van der Waals surface area contributed by atoms with Gasteiger partial charge in [-0.25, -0.2) is 0 Å². The standard InChI is InChI=1S/C9H6F3N3O4S/c1-19-2-4(16)5-6(9(10,11)12)14-3-13-7(15(17)18)8(14)20-5/h3H,2H2,1H3. The van der Waals surface area contributed by atoms with Gasteiger partial charge in [-0.3, -0.25) is 9.20 Å². The van der Waals surface area contributed by atoms with Crippen molar-refractivity contribution in [3.63, 3.8) is 0 Å². The van der Waals surface area contributed by atoms with Gasteiger partial charge in [-0.05, 0) is 9.91 Å². The molecule has 11 heteroatoms. The highest BCUT2D eigenvalue weighted by Crippen LogP contribution is 2.39. The van der Waals surface area contributed by atoms with E-state index in [1.807, 2.05) is 0 Å². The number of alkyl halides is 3. The molecule has 2 rings (SSSR count). The fourth-order valence-corrected chi connectivity index (χ4v) is 2.74. The van der Waals surface area contributed by atoms with Gasteiger partial charge in [0.2, 0.25) is 16.9 Å². The summed E-state index contributed by atoms with van der Waals surface area (Å²) in [4.78, 5) is 23.7. The quantitative estimate of drug-likeness (QED) is 0.490. The van der Waals surface area contributed by atoms with E-state index in [0.717, 1.165) is 7.11 Å². The third kappa shape index (κ3) is 2.25. The van der Waals surface area contributed by atoms with Gasteiger partial charge in [-0.1, -0.05) is 0 Å². The SMILES string of the molecule is COCC(=O)c1sc2c([N+](=O)[O-])ncn2c1C(F)(F)F. The van der Waals surface area contributed by atoms with Gasteiger partial charge in [0, 0.05) is 7.11 Å². The molecule has 20 heavy (non-hydrogen) atoms. The number of fused-ring (bicyclic) bond motifs is 1. The van der Waals surface area contributed by atoms with Gasteiger partial charge in [0.05, 0.1) is 0 Å². The molecule has 0 amide bonds. The van der Waals surface area contributed by atoms with E-state index in [1.165, 1.54) is 0 Å². The van der Waals surface area contributed by atoms with Crippen LogP contribution in [-0.2, 0) is 10.9 Å². The number of rotatable bonds is 4. The van der Waals surface area contributed by atoms with Crippen molar-refractivity contribution in [3.8, 4) is 0 Å². The average Bonchev–Trinajstić information content (AvgIpc) is 2.84. The minimum absolute atomic E-state index is 0.346. The number of thiazole rings is 1. The fraction of sp³-hybridized carbons (Fsp3) is 0.333.